The average molecular weight is 570 g/mol. The number of nitrogens with one attached hydrogen (secondary N) is 1. The van der Waals surface area contributed by atoms with Crippen LogP contribution in [0.3, 0.4) is 0 Å². The molecule has 1 N–H and O–H groups in total. The van der Waals surface area contributed by atoms with Gasteiger partial charge >= 0.3 is 5.97 Å². The highest BCUT2D eigenvalue weighted by Crippen LogP contribution is 1.87. The van der Waals surface area contributed by atoms with Crippen LogP contribution in [0.5, 0.6) is 0 Å². The lowest BCUT2D eigenvalue weighted by Crippen LogP contribution is -2.17. The van der Waals surface area contributed by atoms with Crippen LogP contribution in [-0.4, -0.2) is 158 Å². The molecule has 0 rings (SSSR count). The summed E-state index contributed by atoms with van der Waals surface area (Å²) < 4.78 is 58.8. The number of esters is 1. The van der Waals surface area contributed by atoms with Gasteiger partial charge in [0.2, 0.25) is 0 Å². The van der Waals surface area contributed by atoms with Gasteiger partial charge in [-0.25, -0.2) is 4.79 Å². The van der Waals surface area contributed by atoms with E-state index in [1.165, 1.54) is 0 Å². The van der Waals surface area contributed by atoms with E-state index < -0.39 is 5.97 Å². The molecule has 0 amide bonds. The van der Waals surface area contributed by atoms with Gasteiger partial charge < -0.3 is 57.4 Å². The highest BCUT2D eigenvalue weighted by atomic mass is 16.6. The number of hydrogen-bond donors (Lipinski definition) is 1. The largest absolute Gasteiger partial charge is 0.460 e. The Morgan fingerprint density at radius 1 is 0.462 bits per heavy atom. The first kappa shape index (κ1) is 37.8. The number of ether oxygens (including phenoxy) is 11. The van der Waals surface area contributed by atoms with E-state index in [0.717, 1.165) is 12.6 Å². The van der Waals surface area contributed by atoms with Crippen LogP contribution in [0.25, 0.3) is 0 Å². The summed E-state index contributed by atoms with van der Waals surface area (Å²) in [7, 11) is 1.89. The van der Waals surface area contributed by atoms with E-state index in [1.807, 2.05) is 7.05 Å². The van der Waals surface area contributed by atoms with Crippen molar-refractivity contribution in [3.8, 4) is 0 Å². The molecule has 0 radical (unpaired) electrons. The number of rotatable bonds is 34. The molecule has 0 aromatic carbocycles. The second kappa shape index (κ2) is 34.8. The van der Waals surface area contributed by atoms with Gasteiger partial charge in [0, 0.05) is 12.6 Å². The van der Waals surface area contributed by atoms with Crippen molar-refractivity contribution in [2.24, 2.45) is 0 Å². The molecule has 0 aliphatic carbocycles. The van der Waals surface area contributed by atoms with E-state index in [0.29, 0.717) is 132 Å². The summed E-state index contributed by atoms with van der Waals surface area (Å²) in [5.41, 5.74) is 0. The van der Waals surface area contributed by atoms with Gasteiger partial charge in [-0.15, -0.1) is 0 Å². The Balaban J connectivity index is 3.04. The molecule has 0 unspecified atom stereocenters. The third kappa shape index (κ3) is 34.7. The summed E-state index contributed by atoms with van der Waals surface area (Å²) in [6.07, 6.45) is 1.11. The Morgan fingerprint density at radius 3 is 0.923 bits per heavy atom. The molecule has 0 atom stereocenters. The van der Waals surface area contributed by atoms with Crippen molar-refractivity contribution < 1.29 is 56.9 Å². The fraction of sp³-hybridized carbons (Fsp3) is 0.885. The van der Waals surface area contributed by atoms with Crippen molar-refractivity contribution in [3.63, 3.8) is 0 Å². The van der Waals surface area contributed by atoms with Crippen molar-refractivity contribution in [1.82, 2.24) is 5.32 Å². The summed E-state index contributed by atoms with van der Waals surface area (Å²) in [6, 6.07) is 0. The molecular formula is C26H51NO12. The summed E-state index contributed by atoms with van der Waals surface area (Å²) in [5.74, 6) is -0.457. The Kier molecular flexibility index (Phi) is 33.7. The van der Waals surface area contributed by atoms with Gasteiger partial charge in [-0.1, -0.05) is 6.58 Å². The Labute approximate surface area is 233 Å². The first-order valence-corrected chi connectivity index (χ1v) is 13.5. The van der Waals surface area contributed by atoms with Gasteiger partial charge in [0.1, 0.15) is 6.61 Å². The average Bonchev–Trinajstić information content (AvgIpc) is 2.95. The van der Waals surface area contributed by atoms with Crippen LogP contribution in [0.2, 0.25) is 0 Å². The quantitative estimate of drug-likeness (QED) is 0.0639. The van der Waals surface area contributed by atoms with Crippen molar-refractivity contribution in [2.45, 2.75) is 0 Å². The Morgan fingerprint density at radius 2 is 0.692 bits per heavy atom. The maximum atomic E-state index is 10.8. The zero-order chi connectivity index (χ0) is 28.3. The summed E-state index contributed by atoms with van der Waals surface area (Å²) >= 11 is 0. The monoisotopic (exact) mass is 569 g/mol. The van der Waals surface area contributed by atoms with E-state index in [4.69, 9.17) is 52.1 Å². The maximum Gasteiger partial charge on any atom is 0.330 e. The lowest BCUT2D eigenvalue weighted by Gasteiger charge is -2.09. The molecule has 0 spiro atoms. The normalized spacial score (nSPS) is 11.2. The number of hydrogen-bond acceptors (Lipinski definition) is 13. The fourth-order valence-corrected chi connectivity index (χ4v) is 2.52. The molecule has 0 aromatic rings. The first-order chi connectivity index (χ1) is 19.3. The molecule has 0 saturated heterocycles. The van der Waals surface area contributed by atoms with Gasteiger partial charge in [0.25, 0.3) is 0 Å². The van der Waals surface area contributed by atoms with E-state index in [-0.39, 0.29) is 6.61 Å². The molecule has 232 valence electrons. The van der Waals surface area contributed by atoms with Gasteiger partial charge in [-0.2, -0.15) is 0 Å². The smallest absolute Gasteiger partial charge is 0.330 e. The van der Waals surface area contributed by atoms with Gasteiger partial charge in [-0.3, -0.25) is 0 Å². The lowest BCUT2D eigenvalue weighted by atomic mass is 10.6. The van der Waals surface area contributed by atoms with Crippen LogP contribution >= 0.6 is 0 Å². The van der Waals surface area contributed by atoms with Crippen LogP contribution < -0.4 is 5.32 Å². The molecule has 0 heterocycles. The molecular weight excluding hydrogens is 518 g/mol. The predicted octanol–water partition coefficient (Wildman–Crippen LogP) is 0.101. The minimum absolute atomic E-state index is 0.201. The number of carbonyl (C=O) groups excluding carboxylic acids is 1. The SMILES string of the molecule is C=CC(=O)OCCOCCOCCOCCOCCOCCOCCOCCOCCOCCOCCNC. The second-order valence-electron chi connectivity index (χ2n) is 7.60. The standard InChI is InChI=1S/C26H51NO12/c1-3-26(28)39-25-24-38-23-22-37-21-20-36-19-18-35-17-16-34-15-14-33-13-12-32-11-10-31-9-8-30-7-6-29-5-4-27-2/h3,27H,1,4-25H2,2H3. The van der Waals surface area contributed by atoms with Crippen LogP contribution in [0, 0.1) is 0 Å². The molecule has 0 aromatic heterocycles. The first-order valence-electron chi connectivity index (χ1n) is 13.5. The third-order valence-electron chi connectivity index (χ3n) is 4.48. The zero-order valence-corrected chi connectivity index (χ0v) is 23.7. The molecule has 13 nitrogen and oxygen atoms in total. The predicted molar refractivity (Wildman–Crippen MR) is 143 cm³/mol. The molecule has 0 aliphatic rings. The minimum Gasteiger partial charge on any atom is -0.460 e. The third-order valence-corrected chi connectivity index (χ3v) is 4.48. The van der Waals surface area contributed by atoms with Crippen LogP contribution in [0.4, 0.5) is 0 Å². The van der Waals surface area contributed by atoms with Crippen LogP contribution in [0.15, 0.2) is 12.7 Å². The molecule has 0 saturated carbocycles. The van der Waals surface area contributed by atoms with Crippen LogP contribution in [0.1, 0.15) is 0 Å². The molecule has 39 heavy (non-hydrogen) atoms. The van der Waals surface area contributed by atoms with Crippen molar-refractivity contribution >= 4 is 5.97 Å². The van der Waals surface area contributed by atoms with E-state index in [9.17, 15) is 4.79 Å². The van der Waals surface area contributed by atoms with Gasteiger partial charge in [-0.05, 0) is 7.05 Å². The second-order valence-corrected chi connectivity index (χ2v) is 7.60. The minimum atomic E-state index is -0.457. The topological polar surface area (TPSA) is 131 Å². The summed E-state index contributed by atoms with van der Waals surface area (Å²) in [6.45, 7) is 14.5. The highest BCUT2D eigenvalue weighted by Gasteiger charge is 1.97. The van der Waals surface area contributed by atoms with Crippen molar-refractivity contribution in [2.75, 3.05) is 152 Å². The Hall–Kier alpha value is -1.23. The Bertz CT molecular complexity index is 502. The summed E-state index contributed by atoms with van der Waals surface area (Å²) in [5, 5.41) is 3.01. The molecule has 13 heteroatoms. The molecule has 0 aliphatic heterocycles. The summed E-state index contributed by atoms with van der Waals surface area (Å²) in [4.78, 5) is 10.8. The van der Waals surface area contributed by atoms with Gasteiger partial charge in [0.15, 0.2) is 0 Å². The van der Waals surface area contributed by atoms with E-state index in [1.54, 1.807) is 0 Å². The van der Waals surface area contributed by atoms with Gasteiger partial charge in [0.05, 0.1) is 132 Å². The molecule has 0 bridgehead atoms. The number of carbonyl (C=O) groups is 1. The van der Waals surface area contributed by atoms with Crippen molar-refractivity contribution in [3.05, 3.63) is 12.7 Å². The van der Waals surface area contributed by atoms with Crippen LogP contribution in [-0.2, 0) is 56.9 Å². The zero-order valence-electron chi connectivity index (χ0n) is 23.7. The van der Waals surface area contributed by atoms with E-state index in [2.05, 4.69) is 11.9 Å². The highest BCUT2D eigenvalue weighted by molar-refractivity contribution is 5.81. The maximum absolute atomic E-state index is 10.8. The number of likely N-dealkylation sites (N-methyl/N-ethyl adjacent to an activating group) is 1. The fourth-order valence-electron chi connectivity index (χ4n) is 2.52. The molecule has 0 fully saturated rings. The van der Waals surface area contributed by atoms with E-state index >= 15 is 0 Å². The van der Waals surface area contributed by atoms with Crippen molar-refractivity contribution in [1.29, 1.82) is 0 Å². The lowest BCUT2D eigenvalue weighted by molar-refractivity contribution is -0.139.